The third-order valence-corrected chi connectivity index (χ3v) is 3.94. The van der Waals surface area contributed by atoms with Crippen LogP contribution in [0.4, 0.5) is 0 Å². The highest BCUT2D eigenvalue weighted by Crippen LogP contribution is 2.50. The standard InChI is InChI=1S/C13H16N2O/c1-3-13(8-9-14)10-6-4-5-7-11(10)15(2)12(13)16/h4-5,7,10H,3,6,8H2,1-2H3. The largest absolute Gasteiger partial charge is 0.318 e. The van der Waals surface area contributed by atoms with Gasteiger partial charge in [0.05, 0.1) is 17.9 Å². The van der Waals surface area contributed by atoms with Crippen molar-refractivity contribution in [1.29, 1.82) is 5.26 Å². The van der Waals surface area contributed by atoms with Crippen LogP contribution >= 0.6 is 0 Å². The molecule has 1 heterocycles. The van der Waals surface area contributed by atoms with Crippen LogP contribution in [0.1, 0.15) is 26.2 Å². The van der Waals surface area contributed by atoms with E-state index in [-0.39, 0.29) is 11.8 Å². The molecule has 1 amide bonds. The number of rotatable bonds is 2. The minimum absolute atomic E-state index is 0.108. The van der Waals surface area contributed by atoms with Crippen LogP contribution in [0.5, 0.6) is 0 Å². The number of allylic oxidation sites excluding steroid dienone is 4. The van der Waals surface area contributed by atoms with Gasteiger partial charge in [0.1, 0.15) is 0 Å². The monoisotopic (exact) mass is 216 g/mol. The average molecular weight is 216 g/mol. The number of hydrogen-bond donors (Lipinski definition) is 0. The molecule has 2 aliphatic rings. The SMILES string of the molecule is CCC1(CC#N)C(=O)N(C)C2=CC=CCC21. The molecule has 3 heteroatoms. The van der Waals surface area contributed by atoms with E-state index in [2.05, 4.69) is 12.1 Å². The molecule has 0 aromatic carbocycles. The van der Waals surface area contributed by atoms with E-state index >= 15 is 0 Å². The van der Waals surface area contributed by atoms with Crippen LogP contribution in [0, 0.1) is 22.7 Å². The lowest BCUT2D eigenvalue weighted by Gasteiger charge is -2.29. The number of nitriles is 1. The molecule has 0 aromatic heterocycles. The van der Waals surface area contributed by atoms with E-state index in [0.717, 1.165) is 18.5 Å². The molecule has 3 nitrogen and oxygen atoms in total. The highest BCUT2D eigenvalue weighted by Gasteiger charge is 2.53. The lowest BCUT2D eigenvalue weighted by atomic mass is 9.70. The number of amides is 1. The molecular weight excluding hydrogens is 200 g/mol. The topological polar surface area (TPSA) is 44.1 Å². The minimum Gasteiger partial charge on any atom is -0.318 e. The Morgan fingerprint density at radius 2 is 2.44 bits per heavy atom. The third kappa shape index (κ3) is 1.23. The fraction of sp³-hybridized carbons (Fsp3) is 0.538. The van der Waals surface area contributed by atoms with Crippen molar-refractivity contribution >= 4 is 5.91 Å². The zero-order valence-corrected chi connectivity index (χ0v) is 9.73. The predicted molar refractivity (Wildman–Crippen MR) is 61.1 cm³/mol. The van der Waals surface area contributed by atoms with Crippen LogP contribution in [0.25, 0.3) is 0 Å². The van der Waals surface area contributed by atoms with Crippen molar-refractivity contribution in [1.82, 2.24) is 4.90 Å². The summed E-state index contributed by atoms with van der Waals surface area (Å²) in [7, 11) is 1.81. The number of carbonyl (C=O) groups is 1. The van der Waals surface area contributed by atoms with Gasteiger partial charge in [0.25, 0.3) is 0 Å². The summed E-state index contributed by atoms with van der Waals surface area (Å²) < 4.78 is 0. The van der Waals surface area contributed by atoms with Crippen molar-refractivity contribution in [3.8, 4) is 6.07 Å². The van der Waals surface area contributed by atoms with Crippen LogP contribution in [-0.4, -0.2) is 17.9 Å². The van der Waals surface area contributed by atoms with Gasteiger partial charge >= 0.3 is 0 Å². The minimum atomic E-state index is -0.486. The molecule has 1 fully saturated rings. The second-order valence-electron chi connectivity index (χ2n) is 4.52. The molecule has 2 atom stereocenters. The van der Waals surface area contributed by atoms with E-state index in [1.165, 1.54) is 0 Å². The van der Waals surface area contributed by atoms with Crippen LogP contribution in [0.3, 0.4) is 0 Å². The Morgan fingerprint density at radius 1 is 1.69 bits per heavy atom. The van der Waals surface area contributed by atoms with E-state index in [1.807, 2.05) is 26.1 Å². The molecule has 84 valence electrons. The summed E-state index contributed by atoms with van der Waals surface area (Å²) in [5.74, 6) is 0.302. The number of carbonyl (C=O) groups excluding carboxylic acids is 1. The van der Waals surface area contributed by atoms with Gasteiger partial charge in [-0.25, -0.2) is 0 Å². The molecule has 0 bridgehead atoms. The summed E-state index contributed by atoms with van der Waals surface area (Å²) in [6, 6.07) is 2.19. The van der Waals surface area contributed by atoms with Crippen molar-refractivity contribution in [2.75, 3.05) is 7.05 Å². The Labute approximate surface area is 96.0 Å². The van der Waals surface area contributed by atoms with Crippen molar-refractivity contribution in [2.24, 2.45) is 11.3 Å². The van der Waals surface area contributed by atoms with Crippen molar-refractivity contribution in [3.05, 3.63) is 23.9 Å². The van der Waals surface area contributed by atoms with E-state index in [0.29, 0.717) is 6.42 Å². The highest BCUT2D eigenvalue weighted by molar-refractivity contribution is 5.88. The second-order valence-corrected chi connectivity index (χ2v) is 4.52. The Balaban J connectivity index is 2.47. The van der Waals surface area contributed by atoms with Gasteiger partial charge < -0.3 is 4.90 Å². The summed E-state index contributed by atoms with van der Waals surface area (Å²) in [5.41, 5.74) is 0.588. The first-order valence-electron chi connectivity index (χ1n) is 5.69. The first-order chi connectivity index (χ1) is 7.67. The van der Waals surface area contributed by atoms with Gasteiger partial charge in [-0.05, 0) is 18.9 Å². The molecule has 1 aliphatic carbocycles. The Hall–Kier alpha value is -1.56. The van der Waals surface area contributed by atoms with Crippen LogP contribution in [-0.2, 0) is 4.79 Å². The molecule has 0 N–H and O–H groups in total. The van der Waals surface area contributed by atoms with Crippen LogP contribution < -0.4 is 0 Å². The van der Waals surface area contributed by atoms with Gasteiger partial charge in [0, 0.05) is 18.7 Å². The number of nitrogens with zero attached hydrogens (tertiary/aromatic N) is 2. The van der Waals surface area contributed by atoms with Gasteiger partial charge in [-0.1, -0.05) is 19.1 Å². The Morgan fingerprint density at radius 3 is 3.06 bits per heavy atom. The zero-order chi connectivity index (χ0) is 11.8. The van der Waals surface area contributed by atoms with Gasteiger partial charge in [-0.15, -0.1) is 0 Å². The lowest BCUT2D eigenvalue weighted by molar-refractivity contribution is -0.135. The van der Waals surface area contributed by atoms with Crippen molar-refractivity contribution in [2.45, 2.75) is 26.2 Å². The molecule has 2 rings (SSSR count). The first kappa shape index (κ1) is 10.9. The maximum Gasteiger partial charge on any atom is 0.234 e. The summed E-state index contributed by atoms with van der Waals surface area (Å²) in [6.45, 7) is 2.00. The first-order valence-corrected chi connectivity index (χ1v) is 5.69. The summed E-state index contributed by atoms with van der Waals surface area (Å²) >= 11 is 0. The quantitative estimate of drug-likeness (QED) is 0.710. The Kier molecular flexibility index (Phi) is 2.59. The molecule has 0 spiro atoms. The summed E-state index contributed by atoms with van der Waals surface area (Å²) in [6.07, 6.45) is 8.01. The van der Waals surface area contributed by atoms with E-state index in [4.69, 9.17) is 5.26 Å². The number of likely N-dealkylation sites (tertiary alicyclic amines) is 1. The molecule has 2 unspecified atom stereocenters. The van der Waals surface area contributed by atoms with E-state index in [1.54, 1.807) is 4.90 Å². The number of fused-ring (bicyclic) bond motifs is 1. The second kappa shape index (κ2) is 3.79. The highest BCUT2D eigenvalue weighted by atomic mass is 16.2. The molecule has 16 heavy (non-hydrogen) atoms. The smallest absolute Gasteiger partial charge is 0.234 e. The molecular formula is C13H16N2O. The van der Waals surface area contributed by atoms with Crippen LogP contribution in [0.2, 0.25) is 0 Å². The maximum absolute atomic E-state index is 12.3. The van der Waals surface area contributed by atoms with Gasteiger partial charge in [-0.3, -0.25) is 4.79 Å². The van der Waals surface area contributed by atoms with E-state index < -0.39 is 5.41 Å². The van der Waals surface area contributed by atoms with E-state index in [9.17, 15) is 4.79 Å². The summed E-state index contributed by atoms with van der Waals surface area (Å²) in [4.78, 5) is 14.1. The van der Waals surface area contributed by atoms with Gasteiger partial charge in [-0.2, -0.15) is 5.26 Å². The maximum atomic E-state index is 12.3. The van der Waals surface area contributed by atoms with Gasteiger partial charge in [0.2, 0.25) is 5.91 Å². The zero-order valence-electron chi connectivity index (χ0n) is 9.73. The number of hydrogen-bond acceptors (Lipinski definition) is 2. The predicted octanol–water partition coefficient (Wildman–Crippen LogP) is 2.23. The molecule has 0 aromatic rings. The Bertz CT molecular complexity index is 416. The van der Waals surface area contributed by atoms with Crippen molar-refractivity contribution in [3.63, 3.8) is 0 Å². The molecule has 1 aliphatic heterocycles. The molecule has 1 saturated heterocycles. The fourth-order valence-corrected chi connectivity index (χ4v) is 2.94. The fourth-order valence-electron chi connectivity index (χ4n) is 2.94. The normalized spacial score (nSPS) is 32.3. The molecule has 0 saturated carbocycles. The lowest BCUT2D eigenvalue weighted by Crippen LogP contribution is -2.34. The van der Waals surface area contributed by atoms with Crippen LogP contribution in [0.15, 0.2) is 23.9 Å². The third-order valence-electron chi connectivity index (χ3n) is 3.94. The summed E-state index contributed by atoms with van der Waals surface area (Å²) in [5, 5.41) is 8.96. The van der Waals surface area contributed by atoms with Gasteiger partial charge in [0.15, 0.2) is 0 Å². The van der Waals surface area contributed by atoms with Crippen molar-refractivity contribution < 1.29 is 4.79 Å². The average Bonchev–Trinajstić information content (AvgIpc) is 2.53. The molecule has 0 radical (unpaired) electrons.